The quantitative estimate of drug-likeness (QED) is 0.798. The highest BCUT2D eigenvalue weighted by Gasteiger charge is 2.05. The van der Waals surface area contributed by atoms with E-state index in [0.29, 0.717) is 16.7 Å². The molecule has 0 heterocycles. The summed E-state index contributed by atoms with van der Waals surface area (Å²) in [6.45, 7) is 9.14. The maximum atomic E-state index is 12.6. The molecule has 0 atom stereocenters. The summed E-state index contributed by atoms with van der Waals surface area (Å²) in [5.41, 5.74) is 1.78. The van der Waals surface area contributed by atoms with E-state index < -0.39 is 0 Å². The number of phenols is 2. The lowest BCUT2D eigenvalue weighted by molar-refractivity contribution is 0.462. The minimum Gasteiger partial charge on any atom is -0.508 e. The lowest BCUT2D eigenvalue weighted by Gasteiger charge is -2.06. The highest BCUT2D eigenvalue weighted by atomic mass is 19.1. The van der Waals surface area contributed by atoms with Crippen molar-refractivity contribution in [3.05, 3.63) is 65.7 Å². The minimum atomic E-state index is -0.360. The highest BCUT2D eigenvalue weighted by Crippen LogP contribution is 2.25. The molecule has 0 aromatic heterocycles. The molecule has 2 rings (SSSR count). The number of benzene rings is 2. The lowest BCUT2D eigenvalue weighted by Crippen LogP contribution is -1.88. The topological polar surface area (TPSA) is 40.5 Å². The second-order valence-electron chi connectivity index (χ2n) is 5.30. The van der Waals surface area contributed by atoms with Gasteiger partial charge in [0.15, 0.2) is 0 Å². The van der Waals surface area contributed by atoms with Crippen molar-refractivity contribution in [1.29, 1.82) is 0 Å². The van der Waals surface area contributed by atoms with Crippen LogP contribution in [0.2, 0.25) is 0 Å². The van der Waals surface area contributed by atoms with Crippen LogP contribution < -0.4 is 0 Å². The first-order chi connectivity index (χ1) is 10.2. The van der Waals surface area contributed by atoms with Gasteiger partial charge < -0.3 is 10.2 Å². The molecule has 0 aliphatic carbocycles. The molecule has 2 nitrogen and oxygen atoms in total. The molecule has 0 amide bonds. The van der Waals surface area contributed by atoms with Crippen molar-refractivity contribution < 1.29 is 19.0 Å². The molecule has 2 aromatic carbocycles. The Bertz CT molecular complexity index is 664. The van der Waals surface area contributed by atoms with Crippen molar-refractivity contribution in [3.8, 4) is 11.5 Å². The van der Waals surface area contributed by atoms with E-state index in [1.807, 2.05) is 13.8 Å². The zero-order chi connectivity index (χ0) is 16.9. The molecule has 2 N–H and O–H groups in total. The fourth-order valence-corrected chi connectivity index (χ4v) is 1.84. The Morgan fingerprint density at radius 2 is 1.45 bits per heavy atom. The van der Waals surface area contributed by atoms with E-state index in [1.54, 1.807) is 6.92 Å². The predicted molar refractivity (Wildman–Crippen MR) is 84.9 cm³/mol. The van der Waals surface area contributed by atoms with Gasteiger partial charge in [0, 0.05) is 5.56 Å². The monoisotopic (exact) mass is 306 g/mol. The van der Waals surface area contributed by atoms with E-state index in [-0.39, 0.29) is 29.1 Å². The number of hydrogen-bond donors (Lipinski definition) is 2. The Morgan fingerprint density at radius 3 is 1.86 bits per heavy atom. The molecular weight excluding hydrogens is 286 g/mol. The Morgan fingerprint density at radius 1 is 0.955 bits per heavy atom. The third-order valence-electron chi connectivity index (χ3n) is 3.03. The molecule has 0 saturated heterocycles. The SMILES string of the molecule is C=C(C)c1cc(F)ccc1O.CC(C)c1cc(F)ccc1O. The second kappa shape index (κ2) is 7.59. The smallest absolute Gasteiger partial charge is 0.124 e. The van der Waals surface area contributed by atoms with Crippen LogP contribution in [0.3, 0.4) is 0 Å². The van der Waals surface area contributed by atoms with Crippen molar-refractivity contribution in [1.82, 2.24) is 0 Å². The molecule has 0 aliphatic rings. The fraction of sp³-hybridized carbons (Fsp3) is 0.222. The summed E-state index contributed by atoms with van der Waals surface area (Å²) in [5.74, 6) is -0.265. The van der Waals surface area contributed by atoms with Crippen LogP contribution in [-0.4, -0.2) is 10.2 Å². The summed E-state index contributed by atoms with van der Waals surface area (Å²) in [6.07, 6.45) is 0. The van der Waals surface area contributed by atoms with Crippen LogP contribution in [0.4, 0.5) is 8.78 Å². The number of phenolic OH excluding ortho intramolecular Hbond substituents is 2. The summed E-state index contributed by atoms with van der Waals surface area (Å²) in [4.78, 5) is 0. The molecule has 0 spiro atoms. The Hall–Kier alpha value is -2.36. The third-order valence-corrected chi connectivity index (χ3v) is 3.03. The van der Waals surface area contributed by atoms with Gasteiger partial charge in [-0.05, 0) is 60.4 Å². The van der Waals surface area contributed by atoms with Gasteiger partial charge in [-0.15, -0.1) is 0 Å². The molecular formula is C18H20F2O2. The largest absolute Gasteiger partial charge is 0.508 e. The average molecular weight is 306 g/mol. The van der Waals surface area contributed by atoms with Crippen LogP contribution in [0.15, 0.2) is 43.0 Å². The molecule has 0 unspecified atom stereocenters. The molecule has 22 heavy (non-hydrogen) atoms. The van der Waals surface area contributed by atoms with Gasteiger partial charge in [0.05, 0.1) is 0 Å². The van der Waals surface area contributed by atoms with Gasteiger partial charge in [-0.2, -0.15) is 0 Å². The maximum absolute atomic E-state index is 12.6. The Labute approximate surface area is 129 Å². The van der Waals surface area contributed by atoms with Crippen LogP contribution in [0.25, 0.3) is 5.57 Å². The molecule has 0 aliphatic heterocycles. The third kappa shape index (κ3) is 4.88. The lowest BCUT2D eigenvalue weighted by atomic mass is 10.0. The van der Waals surface area contributed by atoms with Gasteiger partial charge in [-0.1, -0.05) is 20.4 Å². The Balaban J connectivity index is 0.000000220. The summed E-state index contributed by atoms with van der Waals surface area (Å²) in [6, 6.07) is 7.78. The summed E-state index contributed by atoms with van der Waals surface area (Å²) in [7, 11) is 0. The maximum Gasteiger partial charge on any atom is 0.124 e. The second-order valence-corrected chi connectivity index (χ2v) is 5.30. The van der Waals surface area contributed by atoms with Crippen molar-refractivity contribution >= 4 is 5.57 Å². The normalized spacial score (nSPS) is 10.1. The van der Waals surface area contributed by atoms with Gasteiger partial charge in [-0.25, -0.2) is 8.78 Å². The van der Waals surface area contributed by atoms with Crippen LogP contribution in [0.5, 0.6) is 11.5 Å². The molecule has 2 aromatic rings. The minimum absolute atomic E-state index is 0.0684. The number of allylic oxidation sites excluding steroid dienone is 1. The average Bonchev–Trinajstić information content (AvgIpc) is 2.44. The zero-order valence-electron chi connectivity index (χ0n) is 12.9. The van der Waals surface area contributed by atoms with Gasteiger partial charge >= 0.3 is 0 Å². The molecule has 0 bridgehead atoms. The predicted octanol–water partition coefficient (Wildman–Crippen LogP) is 5.22. The van der Waals surface area contributed by atoms with E-state index in [9.17, 15) is 19.0 Å². The van der Waals surface area contributed by atoms with Crippen LogP contribution in [-0.2, 0) is 0 Å². The summed E-state index contributed by atoms with van der Waals surface area (Å²) < 4.78 is 25.2. The number of rotatable bonds is 2. The molecule has 0 fully saturated rings. The first kappa shape index (κ1) is 17.7. The van der Waals surface area contributed by atoms with E-state index in [2.05, 4.69) is 6.58 Å². The number of hydrogen-bond acceptors (Lipinski definition) is 2. The van der Waals surface area contributed by atoms with E-state index >= 15 is 0 Å². The number of halogens is 2. The van der Waals surface area contributed by atoms with Crippen molar-refractivity contribution in [3.63, 3.8) is 0 Å². The van der Waals surface area contributed by atoms with Crippen LogP contribution in [0.1, 0.15) is 37.8 Å². The summed E-state index contributed by atoms with van der Waals surface area (Å²) in [5, 5.41) is 18.4. The first-order valence-electron chi connectivity index (χ1n) is 6.85. The van der Waals surface area contributed by atoms with E-state index in [4.69, 9.17) is 0 Å². The van der Waals surface area contributed by atoms with Crippen molar-refractivity contribution in [2.45, 2.75) is 26.7 Å². The zero-order valence-corrected chi connectivity index (χ0v) is 12.9. The summed E-state index contributed by atoms with van der Waals surface area (Å²) >= 11 is 0. The first-order valence-corrected chi connectivity index (χ1v) is 6.85. The van der Waals surface area contributed by atoms with Gasteiger partial charge in [0.25, 0.3) is 0 Å². The van der Waals surface area contributed by atoms with Crippen LogP contribution in [0, 0.1) is 11.6 Å². The van der Waals surface area contributed by atoms with Crippen LogP contribution >= 0.6 is 0 Å². The Kier molecular flexibility index (Phi) is 6.11. The van der Waals surface area contributed by atoms with Gasteiger partial charge in [-0.3, -0.25) is 0 Å². The standard InChI is InChI=1S/C9H11FO.C9H9FO/c2*1-6(2)8-5-7(10)3-4-9(8)11/h3-6,11H,1-2H3;3-5,11H,1H2,2H3. The molecule has 118 valence electrons. The highest BCUT2D eigenvalue weighted by molar-refractivity contribution is 5.66. The van der Waals surface area contributed by atoms with Crippen molar-refractivity contribution in [2.75, 3.05) is 0 Å². The van der Waals surface area contributed by atoms with Crippen molar-refractivity contribution in [2.24, 2.45) is 0 Å². The molecule has 0 radical (unpaired) electrons. The van der Waals surface area contributed by atoms with Gasteiger partial charge in [0.1, 0.15) is 23.1 Å². The van der Waals surface area contributed by atoms with E-state index in [0.717, 1.165) is 0 Å². The molecule has 0 saturated carbocycles. The van der Waals surface area contributed by atoms with Gasteiger partial charge in [0.2, 0.25) is 0 Å². The van der Waals surface area contributed by atoms with E-state index in [1.165, 1.54) is 36.4 Å². The fourth-order valence-electron chi connectivity index (χ4n) is 1.84. The number of aromatic hydroxyl groups is 2. The molecule has 4 heteroatoms.